The van der Waals surface area contributed by atoms with Crippen molar-refractivity contribution in [2.75, 3.05) is 13.2 Å². The average molecular weight is 245 g/mol. The molecule has 0 bridgehead atoms. The highest BCUT2D eigenvalue weighted by Gasteiger charge is 2.12. The second-order valence-electron chi connectivity index (χ2n) is 4.51. The minimum absolute atomic E-state index is 0.0161. The first-order chi connectivity index (χ1) is 7.74. The number of ether oxygens (including phenoxy) is 2. The molecule has 0 aliphatic heterocycles. The Kier molecular flexibility index (Phi) is 11.7. The Balaban J connectivity index is 3.75. The van der Waals surface area contributed by atoms with Crippen LogP contribution in [0.15, 0.2) is 0 Å². The Morgan fingerprint density at radius 3 is 1.94 bits per heavy atom. The first kappa shape index (κ1) is 16.1. The van der Waals surface area contributed by atoms with Crippen molar-refractivity contribution in [1.29, 1.82) is 0 Å². The quantitative estimate of drug-likeness (QED) is 0.316. The molecule has 0 aliphatic rings. The van der Waals surface area contributed by atoms with Gasteiger partial charge in [-0.05, 0) is 24.8 Å². The van der Waals surface area contributed by atoms with Crippen LogP contribution in [0.1, 0.15) is 52.4 Å². The van der Waals surface area contributed by atoms with Crippen molar-refractivity contribution in [2.45, 2.75) is 64.2 Å². The smallest absolute Gasteiger partial charge is 0.157 e. The molecule has 0 heterocycles. The van der Waals surface area contributed by atoms with Gasteiger partial charge in [-0.15, -0.1) is 0 Å². The predicted octanol–water partition coefficient (Wildman–Crippen LogP) is 2.71. The molecule has 0 saturated heterocycles. The Morgan fingerprint density at radius 2 is 1.56 bits per heavy atom. The van der Waals surface area contributed by atoms with E-state index in [0.717, 1.165) is 38.9 Å². The molecule has 16 heavy (non-hydrogen) atoms. The van der Waals surface area contributed by atoms with Crippen molar-refractivity contribution >= 4 is 10.2 Å². The Morgan fingerprint density at radius 1 is 1.06 bits per heavy atom. The molecular weight excluding hydrogens is 216 g/mol. The van der Waals surface area contributed by atoms with E-state index in [2.05, 4.69) is 20.8 Å². The summed E-state index contributed by atoms with van der Waals surface area (Å²) in [4.78, 5) is 0. The van der Waals surface area contributed by atoms with Gasteiger partial charge in [0.05, 0.1) is 0 Å². The second-order valence-corrected chi connectivity index (χ2v) is 6.14. The highest BCUT2D eigenvalue weighted by atomic mass is 28.1. The molecule has 0 fully saturated rings. The minimum atomic E-state index is 0.0161. The molecule has 1 atom stereocenters. The Hall–Kier alpha value is 0.137. The van der Waals surface area contributed by atoms with Crippen molar-refractivity contribution in [3.8, 4) is 0 Å². The maximum atomic E-state index is 5.77. The molecule has 1 unspecified atom stereocenters. The summed E-state index contributed by atoms with van der Waals surface area (Å²) in [7, 11) is 1.18. The van der Waals surface area contributed by atoms with Gasteiger partial charge in [-0.3, -0.25) is 0 Å². The molecule has 2 nitrogen and oxygen atoms in total. The Bertz CT molecular complexity index is 132. The van der Waals surface area contributed by atoms with Crippen LogP contribution in [0.2, 0.25) is 5.54 Å². The number of rotatable bonds is 11. The average Bonchev–Trinajstić information content (AvgIpc) is 2.29. The van der Waals surface area contributed by atoms with Crippen molar-refractivity contribution < 1.29 is 9.47 Å². The molecule has 0 rings (SSSR count). The number of hydrogen-bond donors (Lipinski definition) is 0. The minimum Gasteiger partial charge on any atom is -0.353 e. The summed E-state index contributed by atoms with van der Waals surface area (Å²) in [6.07, 6.45) is 6.68. The molecule has 0 N–H and O–H groups in total. The SMILES string of the molecule is [CH2]CC([SiH3])CC(OCCCC)OCCCC. The molecule has 0 aromatic rings. The van der Waals surface area contributed by atoms with Crippen molar-refractivity contribution in [3.05, 3.63) is 6.92 Å². The Labute approximate surface area is 105 Å². The summed E-state index contributed by atoms with van der Waals surface area (Å²) in [5, 5.41) is 0. The lowest BCUT2D eigenvalue weighted by atomic mass is 10.2. The standard InChI is InChI=1S/C13H29O2Si/c1-4-7-9-14-13(11-12(16)6-3)15-10-8-5-2/h12-13H,3-11H2,1-2,16H3. The topological polar surface area (TPSA) is 18.5 Å². The van der Waals surface area contributed by atoms with Gasteiger partial charge in [0.2, 0.25) is 0 Å². The van der Waals surface area contributed by atoms with Crippen molar-refractivity contribution in [3.63, 3.8) is 0 Å². The van der Waals surface area contributed by atoms with Crippen molar-refractivity contribution in [2.24, 2.45) is 0 Å². The van der Waals surface area contributed by atoms with Crippen molar-refractivity contribution in [1.82, 2.24) is 0 Å². The van der Waals surface area contributed by atoms with Gasteiger partial charge < -0.3 is 9.47 Å². The van der Waals surface area contributed by atoms with Crippen LogP contribution in [0.4, 0.5) is 0 Å². The molecule has 0 aromatic carbocycles. The fourth-order valence-corrected chi connectivity index (χ4v) is 1.73. The zero-order valence-electron chi connectivity index (χ0n) is 11.3. The molecule has 0 spiro atoms. The fraction of sp³-hybridized carbons (Fsp3) is 0.923. The van der Waals surface area contributed by atoms with Gasteiger partial charge in [-0.2, -0.15) is 0 Å². The van der Waals surface area contributed by atoms with Crippen LogP contribution in [-0.2, 0) is 9.47 Å². The lowest BCUT2D eigenvalue weighted by molar-refractivity contribution is -0.147. The van der Waals surface area contributed by atoms with Crippen LogP contribution in [0.25, 0.3) is 0 Å². The van der Waals surface area contributed by atoms with E-state index >= 15 is 0 Å². The molecule has 1 radical (unpaired) electrons. The van der Waals surface area contributed by atoms with E-state index < -0.39 is 0 Å². The normalized spacial score (nSPS) is 13.5. The highest BCUT2D eigenvalue weighted by molar-refractivity contribution is 6.11. The fourth-order valence-electron chi connectivity index (χ4n) is 1.35. The zero-order valence-corrected chi connectivity index (χ0v) is 13.3. The summed E-state index contributed by atoms with van der Waals surface area (Å²) in [6, 6.07) is 0. The molecule has 0 saturated carbocycles. The summed E-state index contributed by atoms with van der Waals surface area (Å²) >= 11 is 0. The van der Waals surface area contributed by atoms with E-state index in [1.165, 1.54) is 23.1 Å². The maximum absolute atomic E-state index is 5.77. The van der Waals surface area contributed by atoms with Crippen LogP contribution < -0.4 is 0 Å². The maximum Gasteiger partial charge on any atom is 0.157 e. The molecule has 0 amide bonds. The van der Waals surface area contributed by atoms with Gasteiger partial charge >= 0.3 is 0 Å². The predicted molar refractivity (Wildman–Crippen MR) is 73.8 cm³/mol. The first-order valence-electron chi connectivity index (χ1n) is 6.77. The third-order valence-corrected chi connectivity index (χ3v) is 3.74. The van der Waals surface area contributed by atoms with Gasteiger partial charge in [0.15, 0.2) is 6.29 Å². The van der Waals surface area contributed by atoms with E-state index in [0.29, 0.717) is 5.54 Å². The lowest BCUT2D eigenvalue weighted by Gasteiger charge is -2.21. The van der Waals surface area contributed by atoms with E-state index in [1.807, 2.05) is 0 Å². The molecule has 0 aliphatic carbocycles. The monoisotopic (exact) mass is 245 g/mol. The molecule has 97 valence electrons. The van der Waals surface area contributed by atoms with Crippen LogP contribution in [0, 0.1) is 6.92 Å². The summed E-state index contributed by atoms with van der Waals surface area (Å²) in [5.74, 6) is 0. The number of hydrogen-bond acceptors (Lipinski definition) is 2. The van der Waals surface area contributed by atoms with Gasteiger partial charge in [0.1, 0.15) is 0 Å². The molecule has 3 heteroatoms. The van der Waals surface area contributed by atoms with E-state index in [9.17, 15) is 0 Å². The second kappa shape index (κ2) is 11.6. The molecular formula is C13H29O2Si. The van der Waals surface area contributed by atoms with Gasteiger partial charge in [0, 0.05) is 23.5 Å². The summed E-state index contributed by atoms with van der Waals surface area (Å²) in [6.45, 7) is 9.98. The summed E-state index contributed by atoms with van der Waals surface area (Å²) < 4.78 is 11.5. The van der Waals surface area contributed by atoms with E-state index in [4.69, 9.17) is 9.47 Å². The van der Waals surface area contributed by atoms with Gasteiger partial charge in [-0.1, -0.05) is 40.0 Å². The van der Waals surface area contributed by atoms with E-state index in [-0.39, 0.29) is 6.29 Å². The third kappa shape index (κ3) is 9.37. The van der Waals surface area contributed by atoms with E-state index in [1.54, 1.807) is 0 Å². The van der Waals surface area contributed by atoms with Crippen LogP contribution in [-0.4, -0.2) is 29.7 Å². The number of unbranched alkanes of at least 4 members (excludes halogenated alkanes) is 2. The van der Waals surface area contributed by atoms with Crippen LogP contribution in [0.5, 0.6) is 0 Å². The van der Waals surface area contributed by atoms with Crippen LogP contribution >= 0.6 is 0 Å². The lowest BCUT2D eigenvalue weighted by Crippen LogP contribution is -2.20. The largest absolute Gasteiger partial charge is 0.353 e. The molecule has 0 aromatic heterocycles. The first-order valence-corrected chi connectivity index (χ1v) is 7.92. The summed E-state index contributed by atoms with van der Waals surface area (Å²) in [5.41, 5.74) is 0.716. The highest BCUT2D eigenvalue weighted by Crippen LogP contribution is 2.16. The van der Waals surface area contributed by atoms with Gasteiger partial charge in [-0.25, -0.2) is 0 Å². The van der Waals surface area contributed by atoms with Gasteiger partial charge in [0.25, 0.3) is 0 Å². The zero-order chi connectivity index (χ0) is 12.2. The van der Waals surface area contributed by atoms with Crippen LogP contribution in [0.3, 0.4) is 0 Å². The third-order valence-electron chi connectivity index (χ3n) is 2.69.